The monoisotopic (exact) mass is 372 g/mol. The molecule has 4 heteroatoms. The van der Waals surface area contributed by atoms with Crippen molar-refractivity contribution < 1.29 is 14.2 Å². The summed E-state index contributed by atoms with van der Waals surface area (Å²) in [5, 5.41) is 9.87. The fourth-order valence-corrected chi connectivity index (χ4v) is 3.36. The Morgan fingerprint density at radius 2 is 1.92 bits per heavy atom. The molecule has 0 atom stereocenters. The molecule has 1 N–H and O–H groups in total. The molecule has 26 heavy (non-hydrogen) atoms. The summed E-state index contributed by atoms with van der Waals surface area (Å²) >= 11 is 5.96. The molecule has 2 aromatic rings. The van der Waals surface area contributed by atoms with Crippen molar-refractivity contribution in [2.24, 2.45) is 0 Å². The van der Waals surface area contributed by atoms with Crippen molar-refractivity contribution >= 4 is 17.2 Å². The molecule has 0 bridgehead atoms. The SMILES string of the molecule is C=C(O)CCc1ccc(OCC2=C(c3ccc(Cl)cc3)CCC2)c(F)c1. The van der Waals surface area contributed by atoms with Gasteiger partial charge in [-0.15, -0.1) is 0 Å². The van der Waals surface area contributed by atoms with Gasteiger partial charge < -0.3 is 9.84 Å². The summed E-state index contributed by atoms with van der Waals surface area (Å²) in [6.45, 7) is 3.84. The molecule has 0 saturated carbocycles. The molecule has 1 aliphatic carbocycles. The number of ether oxygens (including phenoxy) is 1. The fraction of sp³-hybridized carbons (Fsp3) is 0.273. The zero-order valence-electron chi connectivity index (χ0n) is 14.6. The van der Waals surface area contributed by atoms with E-state index in [-0.39, 0.29) is 17.3 Å². The van der Waals surface area contributed by atoms with E-state index in [9.17, 15) is 4.39 Å². The highest BCUT2D eigenvalue weighted by Gasteiger charge is 2.17. The molecule has 0 amide bonds. The van der Waals surface area contributed by atoms with Gasteiger partial charge in [0.1, 0.15) is 6.61 Å². The van der Waals surface area contributed by atoms with Gasteiger partial charge in [0.15, 0.2) is 11.6 Å². The topological polar surface area (TPSA) is 29.5 Å². The third kappa shape index (κ3) is 4.67. The highest BCUT2D eigenvalue weighted by atomic mass is 35.5. The molecule has 0 aliphatic heterocycles. The minimum atomic E-state index is -0.377. The van der Waals surface area contributed by atoms with E-state index in [0.29, 0.717) is 19.4 Å². The van der Waals surface area contributed by atoms with Crippen molar-refractivity contribution in [2.45, 2.75) is 32.1 Å². The van der Waals surface area contributed by atoms with E-state index in [1.54, 1.807) is 6.07 Å². The van der Waals surface area contributed by atoms with Crippen LogP contribution in [0.2, 0.25) is 5.02 Å². The van der Waals surface area contributed by atoms with Crippen LogP contribution in [-0.4, -0.2) is 11.7 Å². The number of hydrogen-bond donors (Lipinski definition) is 1. The molecule has 2 nitrogen and oxygen atoms in total. The number of aliphatic hydroxyl groups excluding tert-OH is 1. The first-order valence-electron chi connectivity index (χ1n) is 8.78. The van der Waals surface area contributed by atoms with Crippen LogP contribution in [0, 0.1) is 5.82 Å². The summed E-state index contributed by atoms with van der Waals surface area (Å²) in [4.78, 5) is 0. The number of aryl methyl sites for hydroxylation is 1. The maximum Gasteiger partial charge on any atom is 0.165 e. The molecule has 1 aliphatic rings. The van der Waals surface area contributed by atoms with Crippen molar-refractivity contribution in [1.29, 1.82) is 0 Å². The largest absolute Gasteiger partial charge is 0.513 e. The number of benzene rings is 2. The molecule has 136 valence electrons. The van der Waals surface area contributed by atoms with E-state index in [0.717, 1.165) is 35.4 Å². The first-order chi connectivity index (χ1) is 12.5. The van der Waals surface area contributed by atoms with Crippen LogP contribution in [0.25, 0.3) is 5.57 Å². The van der Waals surface area contributed by atoms with Crippen LogP contribution >= 0.6 is 11.6 Å². The van der Waals surface area contributed by atoms with Crippen LogP contribution in [0.1, 0.15) is 36.8 Å². The predicted molar refractivity (Wildman–Crippen MR) is 104 cm³/mol. The van der Waals surface area contributed by atoms with E-state index < -0.39 is 0 Å². The van der Waals surface area contributed by atoms with E-state index in [2.05, 4.69) is 6.58 Å². The van der Waals surface area contributed by atoms with Crippen molar-refractivity contribution in [2.75, 3.05) is 6.61 Å². The number of hydrogen-bond acceptors (Lipinski definition) is 2. The second-order valence-corrected chi connectivity index (χ2v) is 7.00. The summed E-state index contributed by atoms with van der Waals surface area (Å²) in [6, 6.07) is 12.8. The van der Waals surface area contributed by atoms with Crippen LogP contribution in [-0.2, 0) is 6.42 Å². The van der Waals surface area contributed by atoms with Crippen LogP contribution in [0.4, 0.5) is 4.39 Å². The quantitative estimate of drug-likeness (QED) is 0.562. The average molecular weight is 373 g/mol. The second kappa shape index (κ2) is 8.41. The fourth-order valence-electron chi connectivity index (χ4n) is 3.24. The Morgan fingerprint density at radius 3 is 2.62 bits per heavy atom. The van der Waals surface area contributed by atoms with Gasteiger partial charge in [-0.2, -0.15) is 0 Å². The van der Waals surface area contributed by atoms with Crippen molar-refractivity contribution in [3.63, 3.8) is 0 Å². The van der Waals surface area contributed by atoms with Crippen LogP contribution in [0.3, 0.4) is 0 Å². The highest BCUT2D eigenvalue weighted by Crippen LogP contribution is 2.35. The van der Waals surface area contributed by atoms with Gasteiger partial charge in [-0.05, 0) is 72.2 Å². The van der Waals surface area contributed by atoms with E-state index in [1.165, 1.54) is 17.2 Å². The standard InChI is InChI=1S/C22H22ClFO2/c1-15(25)5-6-16-7-12-22(21(24)13-16)26-14-18-3-2-4-20(18)17-8-10-19(23)11-9-17/h7-13,25H,1-6,14H2. The molecule has 0 unspecified atom stereocenters. The normalized spacial score (nSPS) is 13.9. The average Bonchev–Trinajstić information content (AvgIpc) is 3.08. The maximum absolute atomic E-state index is 14.3. The summed E-state index contributed by atoms with van der Waals surface area (Å²) in [7, 11) is 0. The number of allylic oxidation sites excluding steroid dienone is 2. The Labute approximate surface area is 158 Å². The van der Waals surface area contributed by atoms with E-state index in [4.69, 9.17) is 21.4 Å². The lowest BCUT2D eigenvalue weighted by molar-refractivity contribution is 0.330. The third-order valence-electron chi connectivity index (χ3n) is 4.63. The number of halogens is 2. The first-order valence-corrected chi connectivity index (χ1v) is 9.15. The van der Waals surface area contributed by atoms with Gasteiger partial charge in [0, 0.05) is 11.4 Å². The Bertz CT molecular complexity index is 825. The molecule has 0 spiro atoms. The van der Waals surface area contributed by atoms with Gasteiger partial charge in [0.2, 0.25) is 0 Å². The molecule has 2 aromatic carbocycles. The van der Waals surface area contributed by atoms with Gasteiger partial charge >= 0.3 is 0 Å². The molecule has 0 radical (unpaired) electrons. The molecular weight excluding hydrogens is 351 g/mol. The summed E-state index contributed by atoms with van der Waals surface area (Å²) in [5.41, 5.74) is 4.46. The van der Waals surface area contributed by atoms with E-state index >= 15 is 0 Å². The van der Waals surface area contributed by atoms with Crippen LogP contribution in [0.15, 0.2) is 60.4 Å². The smallest absolute Gasteiger partial charge is 0.165 e. The Hall–Kier alpha value is -2.26. The zero-order chi connectivity index (χ0) is 18.5. The first kappa shape index (κ1) is 18.5. The summed E-state index contributed by atoms with van der Waals surface area (Å²) in [6.07, 6.45) is 4.04. The van der Waals surface area contributed by atoms with Gasteiger partial charge in [0.05, 0.1) is 5.76 Å². The van der Waals surface area contributed by atoms with Crippen molar-refractivity contribution in [3.8, 4) is 5.75 Å². The zero-order valence-corrected chi connectivity index (χ0v) is 15.4. The Balaban J connectivity index is 1.68. The Kier molecular flexibility index (Phi) is 6.00. The second-order valence-electron chi connectivity index (χ2n) is 6.56. The minimum absolute atomic E-state index is 0.105. The lowest BCUT2D eigenvalue weighted by Crippen LogP contribution is -2.03. The van der Waals surface area contributed by atoms with Gasteiger partial charge in [-0.25, -0.2) is 4.39 Å². The molecule has 0 heterocycles. The molecule has 0 fully saturated rings. The third-order valence-corrected chi connectivity index (χ3v) is 4.88. The summed E-state index contributed by atoms with van der Waals surface area (Å²) in [5.74, 6) is -0.0160. The number of rotatable bonds is 7. The lowest BCUT2D eigenvalue weighted by Gasteiger charge is -2.12. The maximum atomic E-state index is 14.3. The summed E-state index contributed by atoms with van der Waals surface area (Å²) < 4.78 is 20.0. The molecule has 0 aromatic heterocycles. The Morgan fingerprint density at radius 1 is 1.15 bits per heavy atom. The van der Waals surface area contributed by atoms with E-state index in [1.807, 2.05) is 30.3 Å². The van der Waals surface area contributed by atoms with Crippen molar-refractivity contribution in [3.05, 3.63) is 82.3 Å². The molecular formula is C22H22ClFO2. The lowest BCUT2D eigenvalue weighted by atomic mass is 10.0. The van der Waals surface area contributed by atoms with Crippen molar-refractivity contribution in [1.82, 2.24) is 0 Å². The van der Waals surface area contributed by atoms with Crippen LogP contribution in [0.5, 0.6) is 5.75 Å². The van der Waals surface area contributed by atoms with Gasteiger partial charge in [-0.1, -0.05) is 36.4 Å². The van der Waals surface area contributed by atoms with Crippen LogP contribution < -0.4 is 4.74 Å². The number of aliphatic hydroxyl groups is 1. The predicted octanol–water partition coefficient (Wildman–Crippen LogP) is 6.50. The minimum Gasteiger partial charge on any atom is -0.513 e. The van der Waals surface area contributed by atoms with Gasteiger partial charge in [-0.3, -0.25) is 0 Å². The van der Waals surface area contributed by atoms with Gasteiger partial charge in [0.25, 0.3) is 0 Å². The molecule has 3 rings (SSSR count). The molecule has 0 saturated heterocycles. The highest BCUT2D eigenvalue weighted by molar-refractivity contribution is 6.30.